The molecule has 1 aromatic rings. The van der Waals surface area contributed by atoms with E-state index in [0.717, 1.165) is 11.1 Å². The van der Waals surface area contributed by atoms with E-state index in [-0.39, 0.29) is 30.4 Å². The molecule has 1 atom stereocenters. The topological polar surface area (TPSA) is 57.6 Å². The number of rotatable bonds is 4. The van der Waals surface area contributed by atoms with Crippen LogP contribution in [-0.2, 0) is 0 Å². The van der Waals surface area contributed by atoms with Gasteiger partial charge in [-0.1, -0.05) is 26.0 Å². The predicted octanol–water partition coefficient (Wildman–Crippen LogP) is 2.31. The highest BCUT2D eigenvalue weighted by Crippen LogP contribution is 2.32. The molecule has 4 heteroatoms. The van der Waals surface area contributed by atoms with Gasteiger partial charge in [0.25, 0.3) is 11.8 Å². The van der Waals surface area contributed by atoms with Gasteiger partial charge in [0.15, 0.2) is 0 Å². The first-order valence-electron chi connectivity index (χ1n) is 6.99. The molecule has 2 amide bonds. The van der Waals surface area contributed by atoms with Gasteiger partial charge in [0, 0.05) is 12.6 Å². The Morgan fingerprint density at radius 1 is 1.05 bits per heavy atom. The molecule has 0 aliphatic carbocycles. The second-order valence-electron chi connectivity index (χ2n) is 5.75. The Bertz CT molecular complexity index is 522. The average molecular weight is 275 g/mol. The maximum Gasteiger partial charge on any atom is 0.262 e. The normalized spacial score (nSPS) is 16.0. The van der Waals surface area contributed by atoms with Gasteiger partial charge in [-0.05, 0) is 37.3 Å². The van der Waals surface area contributed by atoms with Crippen molar-refractivity contribution >= 4 is 11.8 Å². The first-order chi connectivity index (χ1) is 9.40. The van der Waals surface area contributed by atoms with Gasteiger partial charge in [0.2, 0.25) is 0 Å². The SMILES string of the molecule is Cc1ccc(C)c2c1C(=O)N(C(CCO)C(C)C)C2=O. The molecule has 1 aromatic carbocycles. The maximum atomic E-state index is 12.6. The molecular weight excluding hydrogens is 254 g/mol. The number of aliphatic hydroxyl groups is 1. The summed E-state index contributed by atoms with van der Waals surface area (Å²) in [5.41, 5.74) is 2.72. The van der Waals surface area contributed by atoms with Crippen LogP contribution < -0.4 is 0 Å². The van der Waals surface area contributed by atoms with Crippen LogP contribution in [0.1, 0.15) is 52.1 Å². The van der Waals surface area contributed by atoms with Crippen molar-refractivity contribution in [3.63, 3.8) is 0 Å². The van der Waals surface area contributed by atoms with Crippen molar-refractivity contribution in [3.8, 4) is 0 Å². The highest BCUT2D eigenvalue weighted by Gasteiger charge is 2.42. The van der Waals surface area contributed by atoms with Crippen molar-refractivity contribution in [2.24, 2.45) is 5.92 Å². The lowest BCUT2D eigenvalue weighted by Crippen LogP contribution is -2.43. The van der Waals surface area contributed by atoms with E-state index in [1.54, 1.807) is 0 Å². The minimum absolute atomic E-state index is 0.0335. The van der Waals surface area contributed by atoms with E-state index in [9.17, 15) is 14.7 Å². The van der Waals surface area contributed by atoms with Gasteiger partial charge in [-0.2, -0.15) is 0 Å². The second kappa shape index (κ2) is 5.37. The number of hydrogen-bond donors (Lipinski definition) is 1. The Morgan fingerprint density at radius 2 is 1.50 bits per heavy atom. The Hall–Kier alpha value is -1.68. The molecule has 0 aromatic heterocycles. The summed E-state index contributed by atoms with van der Waals surface area (Å²) in [6.07, 6.45) is 0.418. The van der Waals surface area contributed by atoms with E-state index in [2.05, 4.69) is 0 Å². The van der Waals surface area contributed by atoms with Gasteiger partial charge in [-0.25, -0.2) is 0 Å². The van der Waals surface area contributed by atoms with E-state index in [4.69, 9.17) is 0 Å². The highest BCUT2D eigenvalue weighted by molar-refractivity contribution is 6.22. The summed E-state index contributed by atoms with van der Waals surface area (Å²) in [6, 6.07) is 3.49. The van der Waals surface area contributed by atoms with Crippen molar-refractivity contribution in [1.29, 1.82) is 0 Å². The average Bonchev–Trinajstić information content (AvgIpc) is 2.64. The third kappa shape index (κ3) is 2.14. The molecular formula is C16H21NO3. The van der Waals surface area contributed by atoms with Crippen molar-refractivity contribution in [2.45, 2.75) is 40.2 Å². The maximum absolute atomic E-state index is 12.6. The number of carbonyl (C=O) groups is 2. The minimum Gasteiger partial charge on any atom is -0.396 e. The second-order valence-corrected chi connectivity index (χ2v) is 5.75. The summed E-state index contributed by atoms with van der Waals surface area (Å²) in [4.78, 5) is 26.6. The van der Waals surface area contributed by atoms with Crippen LogP contribution in [0, 0.1) is 19.8 Å². The number of carbonyl (C=O) groups excluding carboxylic acids is 2. The molecule has 0 saturated heterocycles. The highest BCUT2D eigenvalue weighted by atomic mass is 16.3. The van der Waals surface area contributed by atoms with E-state index in [0.29, 0.717) is 17.5 Å². The number of fused-ring (bicyclic) bond motifs is 1. The zero-order chi connectivity index (χ0) is 15.0. The van der Waals surface area contributed by atoms with E-state index in [1.807, 2.05) is 39.8 Å². The third-order valence-electron chi connectivity index (χ3n) is 4.01. The number of benzene rings is 1. The Balaban J connectivity index is 2.51. The summed E-state index contributed by atoms with van der Waals surface area (Å²) in [5, 5.41) is 9.20. The van der Waals surface area contributed by atoms with E-state index < -0.39 is 0 Å². The molecule has 2 rings (SSSR count). The summed E-state index contributed by atoms with van der Waals surface area (Å²) in [6.45, 7) is 7.59. The molecule has 1 aliphatic rings. The van der Waals surface area contributed by atoms with Gasteiger partial charge >= 0.3 is 0 Å². The van der Waals surface area contributed by atoms with Crippen molar-refractivity contribution in [2.75, 3.05) is 6.61 Å². The predicted molar refractivity (Wildman–Crippen MR) is 76.7 cm³/mol. The van der Waals surface area contributed by atoms with Crippen molar-refractivity contribution in [3.05, 3.63) is 34.4 Å². The molecule has 0 bridgehead atoms. The Morgan fingerprint density at radius 3 is 1.85 bits per heavy atom. The lowest BCUT2D eigenvalue weighted by atomic mass is 9.99. The molecule has 1 heterocycles. The van der Waals surface area contributed by atoms with E-state index in [1.165, 1.54) is 4.90 Å². The quantitative estimate of drug-likeness (QED) is 0.858. The van der Waals surface area contributed by atoms with Gasteiger partial charge < -0.3 is 5.11 Å². The van der Waals surface area contributed by atoms with Crippen LogP contribution >= 0.6 is 0 Å². The van der Waals surface area contributed by atoms with Crippen LogP contribution in [0.25, 0.3) is 0 Å². The molecule has 0 fully saturated rings. The van der Waals surface area contributed by atoms with Gasteiger partial charge in [0.05, 0.1) is 11.1 Å². The van der Waals surface area contributed by atoms with Crippen molar-refractivity contribution in [1.82, 2.24) is 4.90 Å². The molecule has 108 valence electrons. The number of amides is 2. The summed E-state index contributed by atoms with van der Waals surface area (Å²) >= 11 is 0. The van der Waals surface area contributed by atoms with Crippen LogP contribution in [-0.4, -0.2) is 34.5 Å². The molecule has 20 heavy (non-hydrogen) atoms. The van der Waals surface area contributed by atoms with Crippen LogP contribution in [0.3, 0.4) is 0 Å². The lowest BCUT2D eigenvalue weighted by Gasteiger charge is -2.29. The number of aliphatic hydroxyl groups excluding tert-OH is 1. The van der Waals surface area contributed by atoms with Crippen LogP contribution in [0.15, 0.2) is 12.1 Å². The summed E-state index contributed by atoms with van der Waals surface area (Å²) in [5.74, 6) is -0.332. The number of aryl methyl sites for hydroxylation is 2. The minimum atomic E-state index is -0.258. The van der Waals surface area contributed by atoms with Crippen LogP contribution in [0.4, 0.5) is 0 Å². The summed E-state index contributed by atoms with van der Waals surface area (Å²) in [7, 11) is 0. The van der Waals surface area contributed by atoms with Gasteiger partial charge in [-0.15, -0.1) is 0 Å². The zero-order valence-electron chi connectivity index (χ0n) is 12.4. The fourth-order valence-corrected chi connectivity index (χ4v) is 2.89. The third-order valence-corrected chi connectivity index (χ3v) is 4.01. The smallest absolute Gasteiger partial charge is 0.262 e. The molecule has 4 nitrogen and oxygen atoms in total. The number of imide groups is 1. The van der Waals surface area contributed by atoms with Crippen LogP contribution in [0.5, 0.6) is 0 Å². The molecule has 1 unspecified atom stereocenters. The molecule has 1 N–H and O–H groups in total. The fraction of sp³-hybridized carbons (Fsp3) is 0.500. The molecule has 0 radical (unpaired) electrons. The standard InChI is InChI=1S/C16H21NO3/c1-9(2)12(7-8-18)17-15(19)13-10(3)5-6-11(4)14(13)16(17)20/h5-6,9,12,18H,7-8H2,1-4H3. The largest absolute Gasteiger partial charge is 0.396 e. The van der Waals surface area contributed by atoms with Gasteiger partial charge in [0.1, 0.15) is 0 Å². The molecule has 0 spiro atoms. The fourth-order valence-electron chi connectivity index (χ4n) is 2.89. The zero-order valence-corrected chi connectivity index (χ0v) is 12.4. The van der Waals surface area contributed by atoms with Crippen molar-refractivity contribution < 1.29 is 14.7 Å². The summed E-state index contributed by atoms with van der Waals surface area (Å²) < 4.78 is 0. The molecule has 0 saturated carbocycles. The van der Waals surface area contributed by atoms with E-state index >= 15 is 0 Å². The Kier molecular flexibility index (Phi) is 3.95. The number of nitrogens with zero attached hydrogens (tertiary/aromatic N) is 1. The lowest BCUT2D eigenvalue weighted by molar-refractivity contribution is 0.0509. The van der Waals surface area contributed by atoms with Crippen LogP contribution in [0.2, 0.25) is 0 Å². The number of hydrogen-bond acceptors (Lipinski definition) is 3. The first-order valence-corrected chi connectivity index (χ1v) is 6.99. The van der Waals surface area contributed by atoms with Gasteiger partial charge in [-0.3, -0.25) is 14.5 Å². The molecule has 1 aliphatic heterocycles. The Labute approximate surface area is 119 Å². The first kappa shape index (κ1) is 14.7. The monoisotopic (exact) mass is 275 g/mol.